The number of hydrogen-bond acceptors (Lipinski definition) is 3. The number of hydrogen-bond donors (Lipinski definition) is 0. The number of aromatic nitrogens is 1. The molecular formula is C15H21N3O. The maximum absolute atomic E-state index is 12.3. The van der Waals surface area contributed by atoms with E-state index in [1.165, 1.54) is 6.42 Å². The van der Waals surface area contributed by atoms with E-state index in [1.54, 1.807) is 4.57 Å². The van der Waals surface area contributed by atoms with Gasteiger partial charge < -0.3 is 9.47 Å². The van der Waals surface area contributed by atoms with E-state index in [0.29, 0.717) is 18.0 Å². The third kappa shape index (κ3) is 2.51. The van der Waals surface area contributed by atoms with Gasteiger partial charge in [-0.3, -0.25) is 4.79 Å². The van der Waals surface area contributed by atoms with Crippen LogP contribution in [0.2, 0.25) is 0 Å². The Morgan fingerprint density at radius 1 is 1.53 bits per heavy atom. The highest BCUT2D eigenvalue weighted by molar-refractivity contribution is 5.59. The van der Waals surface area contributed by atoms with Crippen LogP contribution in [0, 0.1) is 24.2 Å². The second-order valence-corrected chi connectivity index (χ2v) is 5.40. The molecule has 1 fully saturated rings. The lowest BCUT2D eigenvalue weighted by Gasteiger charge is -2.33. The van der Waals surface area contributed by atoms with Gasteiger partial charge in [-0.05, 0) is 38.7 Å². The second kappa shape index (κ2) is 5.48. The highest BCUT2D eigenvalue weighted by Gasteiger charge is 2.21. The van der Waals surface area contributed by atoms with Crippen LogP contribution in [0.25, 0.3) is 0 Å². The minimum absolute atomic E-state index is 0.154. The Morgan fingerprint density at radius 3 is 2.84 bits per heavy atom. The van der Waals surface area contributed by atoms with E-state index in [9.17, 15) is 10.1 Å². The molecule has 0 aliphatic carbocycles. The number of rotatable bonds is 2. The van der Waals surface area contributed by atoms with Crippen LogP contribution in [0.1, 0.15) is 37.9 Å². The molecule has 1 aliphatic heterocycles. The molecule has 102 valence electrons. The molecule has 1 aromatic heterocycles. The Bertz CT molecular complexity index is 568. The Kier molecular flexibility index (Phi) is 3.94. The van der Waals surface area contributed by atoms with Gasteiger partial charge in [-0.25, -0.2) is 0 Å². The maximum atomic E-state index is 12.3. The second-order valence-electron chi connectivity index (χ2n) is 5.40. The van der Waals surface area contributed by atoms with Gasteiger partial charge in [0.05, 0.1) is 5.69 Å². The molecule has 1 unspecified atom stereocenters. The molecule has 4 nitrogen and oxygen atoms in total. The molecule has 4 heteroatoms. The average molecular weight is 259 g/mol. The fraction of sp³-hybridized carbons (Fsp3) is 0.600. The normalized spacial score (nSPS) is 19.3. The van der Waals surface area contributed by atoms with Crippen LogP contribution in [-0.2, 0) is 6.54 Å². The van der Waals surface area contributed by atoms with E-state index in [1.807, 2.05) is 19.9 Å². The summed E-state index contributed by atoms with van der Waals surface area (Å²) in [6, 6.07) is 4.09. The van der Waals surface area contributed by atoms with Crippen molar-refractivity contribution >= 4 is 5.69 Å². The van der Waals surface area contributed by atoms with E-state index in [-0.39, 0.29) is 5.56 Å². The molecule has 0 saturated carbocycles. The zero-order chi connectivity index (χ0) is 14.0. The summed E-state index contributed by atoms with van der Waals surface area (Å²) in [6.07, 6.45) is 2.35. The molecule has 0 bridgehead atoms. The quantitative estimate of drug-likeness (QED) is 0.818. The molecular weight excluding hydrogens is 238 g/mol. The standard InChI is InChI=1S/C15H21N3O/c1-4-18-12(3)8-14(13(9-16)15(18)19)17-7-5-6-11(2)10-17/h8,11H,4-7,10H2,1-3H3. The summed E-state index contributed by atoms with van der Waals surface area (Å²) in [6.45, 7) is 8.56. The van der Waals surface area contributed by atoms with Gasteiger partial charge in [0, 0.05) is 25.3 Å². The lowest BCUT2D eigenvalue weighted by molar-refractivity contribution is 0.446. The molecule has 0 amide bonds. The van der Waals surface area contributed by atoms with Crippen LogP contribution in [0.15, 0.2) is 10.9 Å². The molecule has 2 rings (SSSR count). The summed E-state index contributed by atoms with van der Waals surface area (Å²) in [5.41, 5.74) is 1.89. The molecule has 0 spiro atoms. The number of nitriles is 1. The number of aryl methyl sites for hydroxylation is 1. The molecule has 0 radical (unpaired) electrons. The van der Waals surface area contributed by atoms with Crippen molar-refractivity contribution in [1.29, 1.82) is 5.26 Å². The van der Waals surface area contributed by atoms with E-state index in [2.05, 4.69) is 17.9 Å². The minimum Gasteiger partial charge on any atom is -0.370 e. The minimum atomic E-state index is -0.154. The van der Waals surface area contributed by atoms with Crippen molar-refractivity contribution in [3.8, 4) is 6.07 Å². The smallest absolute Gasteiger partial charge is 0.270 e. The van der Waals surface area contributed by atoms with Gasteiger partial charge in [0.25, 0.3) is 5.56 Å². The van der Waals surface area contributed by atoms with Crippen molar-refractivity contribution in [2.75, 3.05) is 18.0 Å². The highest BCUT2D eigenvalue weighted by atomic mass is 16.1. The summed E-state index contributed by atoms with van der Waals surface area (Å²) in [7, 11) is 0. The van der Waals surface area contributed by atoms with Crippen LogP contribution in [0.3, 0.4) is 0 Å². The first-order chi connectivity index (χ1) is 9.08. The Balaban J connectivity index is 2.52. The number of anilines is 1. The van der Waals surface area contributed by atoms with Gasteiger partial charge in [-0.15, -0.1) is 0 Å². The van der Waals surface area contributed by atoms with Gasteiger partial charge in [-0.2, -0.15) is 5.26 Å². The van der Waals surface area contributed by atoms with Crippen molar-refractivity contribution < 1.29 is 0 Å². The largest absolute Gasteiger partial charge is 0.370 e. The first-order valence-electron chi connectivity index (χ1n) is 6.98. The van der Waals surface area contributed by atoms with Crippen LogP contribution in [0.5, 0.6) is 0 Å². The lowest BCUT2D eigenvalue weighted by Crippen LogP contribution is -2.37. The van der Waals surface area contributed by atoms with Crippen molar-refractivity contribution in [1.82, 2.24) is 4.57 Å². The predicted octanol–water partition coefficient (Wildman–Crippen LogP) is 2.28. The summed E-state index contributed by atoms with van der Waals surface area (Å²) in [5, 5.41) is 9.32. The molecule has 0 N–H and O–H groups in total. The fourth-order valence-electron chi connectivity index (χ4n) is 2.91. The molecule has 1 saturated heterocycles. The Hall–Kier alpha value is -1.76. The van der Waals surface area contributed by atoms with Gasteiger partial charge >= 0.3 is 0 Å². The van der Waals surface area contributed by atoms with Gasteiger partial charge in [0.1, 0.15) is 11.6 Å². The van der Waals surface area contributed by atoms with Crippen molar-refractivity contribution in [3.63, 3.8) is 0 Å². The summed E-state index contributed by atoms with van der Waals surface area (Å²) >= 11 is 0. The number of piperidine rings is 1. The van der Waals surface area contributed by atoms with E-state index in [0.717, 1.165) is 30.9 Å². The van der Waals surface area contributed by atoms with Crippen LogP contribution >= 0.6 is 0 Å². The Labute approximate surface area is 114 Å². The SMILES string of the molecule is CCn1c(C)cc(N2CCCC(C)C2)c(C#N)c1=O. The number of pyridine rings is 1. The lowest BCUT2D eigenvalue weighted by atomic mass is 9.99. The first kappa shape index (κ1) is 13.7. The fourth-order valence-corrected chi connectivity index (χ4v) is 2.91. The zero-order valence-electron chi connectivity index (χ0n) is 11.9. The van der Waals surface area contributed by atoms with Gasteiger partial charge in [-0.1, -0.05) is 6.92 Å². The van der Waals surface area contributed by atoms with E-state index < -0.39 is 0 Å². The van der Waals surface area contributed by atoms with Crippen LogP contribution in [0.4, 0.5) is 5.69 Å². The van der Waals surface area contributed by atoms with Gasteiger partial charge in [0.15, 0.2) is 0 Å². The summed E-state index contributed by atoms with van der Waals surface area (Å²) < 4.78 is 1.66. The molecule has 0 aromatic carbocycles. The van der Waals surface area contributed by atoms with E-state index >= 15 is 0 Å². The average Bonchev–Trinajstić information content (AvgIpc) is 2.38. The molecule has 1 aliphatic rings. The van der Waals surface area contributed by atoms with Gasteiger partial charge in [0.2, 0.25) is 0 Å². The third-order valence-corrected chi connectivity index (χ3v) is 3.91. The first-order valence-corrected chi connectivity index (χ1v) is 6.98. The highest BCUT2D eigenvalue weighted by Crippen LogP contribution is 2.25. The third-order valence-electron chi connectivity index (χ3n) is 3.91. The number of nitrogens with zero attached hydrogens (tertiary/aromatic N) is 3. The molecule has 19 heavy (non-hydrogen) atoms. The Morgan fingerprint density at radius 2 is 2.26 bits per heavy atom. The van der Waals surface area contributed by atoms with Crippen LogP contribution < -0.4 is 10.5 Å². The summed E-state index contributed by atoms with van der Waals surface area (Å²) in [4.78, 5) is 14.5. The molecule has 1 aromatic rings. The van der Waals surface area contributed by atoms with E-state index in [4.69, 9.17) is 0 Å². The monoisotopic (exact) mass is 259 g/mol. The van der Waals surface area contributed by atoms with Crippen LogP contribution in [-0.4, -0.2) is 17.7 Å². The maximum Gasteiger partial charge on any atom is 0.270 e. The van der Waals surface area contributed by atoms with Crippen molar-refractivity contribution in [2.24, 2.45) is 5.92 Å². The zero-order valence-corrected chi connectivity index (χ0v) is 11.9. The summed E-state index contributed by atoms with van der Waals surface area (Å²) in [5.74, 6) is 0.620. The molecule has 2 heterocycles. The van der Waals surface area contributed by atoms with Crippen molar-refractivity contribution in [2.45, 2.75) is 40.2 Å². The molecule has 1 atom stereocenters. The topological polar surface area (TPSA) is 49.0 Å². The van der Waals surface area contributed by atoms with Crippen molar-refractivity contribution in [3.05, 3.63) is 27.7 Å². The predicted molar refractivity (Wildman–Crippen MR) is 76.4 cm³/mol.